The smallest absolute Gasteiger partial charge is 0.240 e. The Balaban J connectivity index is 2.05. The Hall–Kier alpha value is -1.75. The van der Waals surface area contributed by atoms with Gasteiger partial charge >= 0.3 is 0 Å². The van der Waals surface area contributed by atoms with Crippen LogP contribution in [0.1, 0.15) is 37.7 Å². The lowest BCUT2D eigenvalue weighted by Gasteiger charge is -2.22. The molecule has 1 aliphatic carbocycles. The number of hydrogen-bond donors (Lipinski definition) is 1. The van der Waals surface area contributed by atoms with Crippen molar-refractivity contribution in [2.45, 2.75) is 32.1 Å². The monoisotopic (exact) mass is 288 g/mol. The van der Waals surface area contributed by atoms with Gasteiger partial charge in [-0.05, 0) is 25.0 Å². The highest BCUT2D eigenvalue weighted by Gasteiger charge is 2.53. The van der Waals surface area contributed by atoms with E-state index in [1.54, 1.807) is 24.3 Å². The minimum Gasteiger partial charge on any atom is -0.389 e. The lowest BCUT2D eigenvalue weighted by atomic mass is 9.84. The number of rotatable bonds is 2. The average Bonchev–Trinajstić information content (AvgIpc) is 2.97. The van der Waals surface area contributed by atoms with Gasteiger partial charge in [0.1, 0.15) is 4.99 Å². The minimum atomic E-state index is -0.472. The molecule has 4 nitrogen and oxygen atoms in total. The molecule has 1 saturated carbocycles. The number of benzene rings is 1. The molecule has 20 heavy (non-hydrogen) atoms. The van der Waals surface area contributed by atoms with E-state index in [1.807, 2.05) is 0 Å². The van der Waals surface area contributed by atoms with Crippen LogP contribution in [0.2, 0.25) is 0 Å². The molecule has 1 aromatic rings. The predicted molar refractivity (Wildman–Crippen MR) is 80.3 cm³/mol. The van der Waals surface area contributed by atoms with Gasteiger partial charge in [0.25, 0.3) is 0 Å². The van der Waals surface area contributed by atoms with Crippen molar-refractivity contribution < 1.29 is 9.59 Å². The van der Waals surface area contributed by atoms with E-state index in [2.05, 4.69) is 0 Å². The fourth-order valence-corrected chi connectivity index (χ4v) is 3.53. The number of nitrogens with zero attached hydrogens (tertiary/aromatic N) is 1. The second-order valence-corrected chi connectivity index (χ2v) is 6.02. The van der Waals surface area contributed by atoms with Crippen molar-refractivity contribution in [2.75, 3.05) is 4.90 Å². The molecule has 1 spiro atoms. The third kappa shape index (κ3) is 1.85. The van der Waals surface area contributed by atoms with Crippen LogP contribution in [0, 0.1) is 5.41 Å². The summed E-state index contributed by atoms with van der Waals surface area (Å²) in [7, 11) is 0. The number of thiocarbonyl (C=S) groups is 1. The van der Waals surface area contributed by atoms with Crippen molar-refractivity contribution in [1.82, 2.24) is 0 Å². The molecule has 0 aromatic heterocycles. The largest absolute Gasteiger partial charge is 0.389 e. The molecule has 1 heterocycles. The molecule has 0 radical (unpaired) electrons. The summed E-state index contributed by atoms with van der Waals surface area (Å²) < 4.78 is 0. The van der Waals surface area contributed by atoms with Gasteiger partial charge in [-0.3, -0.25) is 9.59 Å². The van der Waals surface area contributed by atoms with Gasteiger partial charge in [0.05, 0.1) is 11.1 Å². The number of anilines is 1. The van der Waals surface area contributed by atoms with Gasteiger partial charge in [-0.1, -0.05) is 37.2 Å². The fraction of sp³-hybridized carbons (Fsp3) is 0.400. The molecule has 0 bridgehead atoms. The van der Waals surface area contributed by atoms with Gasteiger partial charge in [0.2, 0.25) is 11.8 Å². The second kappa shape index (κ2) is 4.66. The van der Waals surface area contributed by atoms with Crippen LogP contribution in [0.4, 0.5) is 5.69 Å². The second-order valence-electron chi connectivity index (χ2n) is 5.58. The van der Waals surface area contributed by atoms with Crippen LogP contribution < -0.4 is 10.6 Å². The summed E-state index contributed by atoms with van der Waals surface area (Å²) in [6, 6.07) is 7.07. The zero-order valence-electron chi connectivity index (χ0n) is 11.1. The van der Waals surface area contributed by atoms with Crippen molar-refractivity contribution in [2.24, 2.45) is 11.1 Å². The third-order valence-electron chi connectivity index (χ3n) is 4.37. The van der Waals surface area contributed by atoms with Crippen LogP contribution in [0.15, 0.2) is 24.3 Å². The van der Waals surface area contributed by atoms with E-state index < -0.39 is 5.41 Å². The van der Waals surface area contributed by atoms with Crippen LogP contribution in [-0.2, 0) is 9.59 Å². The maximum Gasteiger partial charge on any atom is 0.240 e. The number of para-hydroxylation sites is 1. The van der Waals surface area contributed by atoms with Gasteiger partial charge in [-0.25, -0.2) is 4.90 Å². The zero-order chi connectivity index (χ0) is 14.3. The first-order valence-corrected chi connectivity index (χ1v) is 7.22. The van der Waals surface area contributed by atoms with E-state index in [4.69, 9.17) is 18.0 Å². The van der Waals surface area contributed by atoms with Crippen molar-refractivity contribution in [3.05, 3.63) is 29.8 Å². The first-order valence-electron chi connectivity index (χ1n) is 6.81. The summed E-state index contributed by atoms with van der Waals surface area (Å²) in [5.74, 6) is -0.218. The third-order valence-corrected chi connectivity index (χ3v) is 4.59. The van der Waals surface area contributed by atoms with Gasteiger partial charge in [-0.2, -0.15) is 0 Å². The Bertz CT molecular complexity index is 606. The maximum atomic E-state index is 12.7. The summed E-state index contributed by atoms with van der Waals surface area (Å²) in [5, 5.41) is 0. The van der Waals surface area contributed by atoms with Gasteiger partial charge < -0.3 is 5.73 Å². The highest BCUT2D eigenvalue weighted by Crippen LogP contribution is 2.48. The van der Waals surface area contributed by atoms with Crippen LogP contribution in [0.3, 0.4) is 0 Å². The SMILES string of the molecule is NC(=S)c1ccccc1N1C(=O)CC2(CCCC2)C1=O. The summed E-state index contributed by atoms with van der Waals surface area (Å²) in [6.45, 7) is 0. The first-order chi connectivity index (χ1) is 9.55. The Morgan fingerprint density at radius 2 is 1.85 bits per heavy atom. The number of carbonyl (C=O) groups is 2. The van der Waals surface area contributed by atoms with Gasteiger partial charge in [0, 0.05) is 12.0 Å². The maximum absolute atomic E-state index is 12.7. The van der Waals surface area contributed by atoms with Crippen molar-refractivity contribution >= 4 is 34.7 Å². The van der Waals surface area contributed by atoms with Gasteiger partial charge in [-0.15, -0.1) is 0 Å². The molecule has 1 aliphatic heterocycles. The number of amides is 2. The van der Waals surface area contributed by atoms with E-state index in [-0.39, 0.29) is 16.8 Å². The van der Waals surface area contributed by atoms with E-state index in [1.165, 1.54) is 4.90 Å². The predicted octanol–water partition coefficient (Wildman–Crippen LogP) is 2.14. The number of hydrogen-bond acceptors (Lipinski definition) is 3. The lowest BCUT2D eigenvalue weighted by molar-refractivity contribution is -0.125. The van der Waals surface area contributed by atoms with E-state index in [9.17, 15) is 9.59 Å². The molecule has 2 aliphatic rings. The quantitative estimate of drug-likeness (QED) is 0.669. The van der Waals surface area contributed by atoms with Crippen LogP contribution in [-0.4, -0.2) is 16.8 Å². The fourth-order valence-electron chi connectivity index (χ4n) is 3.36. The Morgan fingerprint density at radius 3 is 2.50 bits per heavy atom. The molecule has 5 heteroatoms. The summed E-state index contributed by atoms with van der Waals surface area (Å²) in [4.78, 5) is 26.6. The normalized spacial score (nSPS) is 20.9. The molecule has 104 valence electrons. The highest BCUT2D eigenvalue weighted by atomic mass is 32.1. The van der Waals surface area contributed by atoms with Gasteiger partial charge in [0.15, 0.2) is 0 Å². The van der Waals surface area contributed by atoms with Crippen molar-refractivity contribution in [3.8, 4) is 0 Å². The van der Waals surface area contributed by atoms with Crippen LogP contribution in [0.25, 0.3) is 0 Å². The molecule has 2 fully saturated rings. The molecule has 1 saturated heterocycles. The average molecular weight is 288 g/mol. The Morgan fingerprint density at radius 1 is 1.20 bits per heavy atom. The summed E-state index contributed by atoms with van der Waals surface area (Å²) >= 11 is 5.02. The highest BCUT2D eigenvalue weighted by molar-refractivity contribution is 7.80. The summed E-state index contributed by atoms with van der Waals surface area (Å²) in [5.41, 5.74) is 6.34. The van der Waals surface area contributed by atoms with E-state index >= 15 is 0 Å². The molecular weight excluding hydrogens is 272 g/mol. The van der Waals surface area contributed by atoms with E-state index in [0.29, 0.717) is 17.7 Å². The topological polar surface area (TPSA) is 63.4 Å². The molecule has 2 N–H and O–H groups in total. The Kier molecular flexibility index (Phi) is 3.09. The van der Waals surface area contributed by atoms with Crippen LogP contribution in [0.5, 0.6) is 0 Å². The van der Waals surface area contributed by atoms with Crippen molar-refractivity contribution in [3.63, 3.8) is 0 Å². The number of nitrogens with two attached hydrogens (primary N) is 1. The molecule has 0 atom stereocenters. The number of carbonyl (C=O) groups excluding carboxylic acids is 2. The lowest BCUT2D eigenvalue weighted by Crippen LogP contribution is -2.35. The molecule has 2 amide bonds. The molecule has 1 aromatic carbocycles. The summed E-state index contributed by atoms with van der Waals surface area (Å²) in [6.07, 6.45) is 3.97. The molecule has 0 unspecified atom stereocenters. The molecule has 3 rings (SSSR count). The Labute approximate surface area is 122 Å². The van der Waals surface area contributed by atoms with Crippen molar-refractivity contribution in [1.29, 1.82) is 0 Å². The zero-order valence-corrected chi connectivity index (χ0v) is 11.9. The first kappa shape index (κ1) is 13.2. The van der Waals surface area contributed by atoms with Crippen LogP contribution >= 0.6 is 12.2 Å². The van der Waals surface area contributed by atoms with E-state index in [0.717, 1.165) is 25.7 Å². The minimum absolute atomic E-state index is 0.0799. The molecular formula is C15H16N2O2S. The standard InChI is InChI=1S/C15H16N2O2S/c16-13(20)10-5-1-2-6-11(10)17-12(18)9-15(14(17)19)7-3-4-8-15/h1-2,5-6H,3-4,7-9H2,(H2,16,20). The number of imide groups is 1.